The maximum Gasteiger partial charge on any atom is 0.114 e. The van der Waals surface area contributed by atoms with Crippen LogP contribution in [0.5, 0.6) is 0 Å². The quantitative estimate of drug-likeness (QED) is 0.832. The first-order valence-electron chi connectivity index (χ1n) is 8.06. The second-order valence-corrected chi connectivity index (χ2v) is 6.91. The van der Waals surface area contributed by atoms with Gasteiger partial charge in [0.1, 0.15) is 5.76 Å². The van der Waals surface area contributed by atoms with Gasteiger partial charge in [-0.3, -0.25) is 0 Å². The smallest absolute Gasteiger partial charge is 0.114 e. The Bertz CT molecular complexity index is 454. The van der Waals surface area contributed by atoms with E-state index in [9.17, 15) is 0 Å². The minimum atomic E-state index is 0.275. The average molecular weight is 291 g/mol. The molecule has 0 radical (unpaired) electrons. The summed E-state index contributed by atoms with van der Waals surface area (Å²) >= 11 is 2.01. The van der Waals surface area contributed by atoms with Crippen molar-refractivity contribution in [3.05, 3.63) is 33.2 Å². The van der Waals surface area contributed by atoms with Gasteiger partial charge in [0.2, 0.25) is 0 Å². The fourth-order valence-corrected chi connectivity index (χ4v) is 4.50. The predicted molar refractivity (Wildman–Crippen MR) is 85.3 cm³/mol. The topological polar surface area (TPSA) is 21.3 Å². The second-order valence-electron chi connectivity index (χ2n) is 5.75. The van der Waals surface area contributed by atoms with Crippen molar-refractivity contribution in [2.45, 2.75) is 57.9 Å². The highest BCUT2D eigenvalue weighted by Crippen LogP contribution is 2.36. The molecule has 20 heavy (non-hydrogen) atoms. The van der Waals surface area contributed by atoms with E-state index in [-0.39, 0.29) is 6.04 Å². The Labute approximate surface area is 126 Å². The zero-order valence-corrected chi connectivity index (χ0v) is 13.2. The van der Waals surface area contributed by atoms with Crippen molar-refractivity contribution < 1.29 is 4.74 Å². The van der Waals surface area contributed by atoms with E-state index >= 15 is 0 Å². The molecule has 110 valence electrons. The number of hydrogen-bond donors (Lipinski definition) is 1. The summed E-state index contributed by atoms with van der Waals surface area (Å²) in [5.74, 6) is 1.15. The highest BCUT2D eigenvalue weighted by Gasteiger charge is 2.23. The molecule has 0 aromatic carbocycles. The lowest BCUT2D eigenvalue weighted by Crippen LogP contribution is -2.24. The van der Waals surface area contributed by atoms with E-state index in [0.717, 1.165) is 31.8 Å². The maximum atomic E-state index is 5.91. The minimum absolute atomic E-state index is 0.275. The molecule has 1 aromatic rings. The molecule has 2 heterocycles. The molecule has 1 N–H and O–H groups in total. The van der Waals surface area contributed by atoms with Crippen LogP contribution in [0.2, 0.25) is 0 Å². The van der Waals surface area contributed by atoms with Crippen molar-refractivity contribution in [1.29, 1.82) is 0 Å². The van der Waals surface area contributed by atoms with Crippen LogP contribution in [0.4, 0.5) is 0 Å². The van der Waals surface area contributed by atoms with Crippen molar-refractivity contribution in [2.75, 3.05) is 13.2 Å². The third-order valence-electron chi connectivity index (χ3n) is 4.21. The van der Waals surface area contributed by atoms with Crippen molar-refractivity contribution >= 4 is 11.3 Å². The van der Waals surface area contributed by atoms with Crippen molar-refractivity contribution in [3.63, 3.8) is 0 Å². The van der Waals surface area contributed by atoms with Gasteiger partial charge in [0.15, 0.2) is 0 Å². The number of nitrogens with one attached hydrogen (secondary N) is 1. The standard InChI is InChI=1S/C17H25NOS/c1-2-18-17(14-9-6-7-11-19-14)16-12-13-8-4-3-5-10-15(13)20-16/h9,12,17-18H,2-8,10-11H2,1H3. The molecule has 0 amide bonds. The molecule has 0 bridgehead atoms. The Hall–Kier alpha value is -0.800. The molecule has 0 fully saturated rings. The number of aryl methyl sites for hydroxylation is 2. The van der Waals surface area contributed by atoms with E-state index in [0.29, 0.717) is 0 Å². The summed E-state index contributed by atoms with van der Waals surface area (Å²) in [5, 5.41) is 3.61. The summed E-state index contributed by atoms with van der Waals surface area (Å²) in [7, 11) is 0. The Morgan fingerprint density at radius 1 is 1.25 bits per heavy atom. The van der Waals surface area contributed by atoms with Gasteiger partial charge < -0.3 is 10.1 Å². The molecule has 0 saturated carbocycles. The molecule has 1 aliphatic heterocycles. The maximum absolute atomic E-state index is 5.91. The third-order valence-corrected chi connectivity index (χ3v) is 5.51. The van der Waals surface area contributed by atoms with E-state index in [1.165, 1.54) is 37.0 Å². The van der Waals surface area contributed by atoms with E-state index in [2.05, 4.69) is 24.4 Å². The van der Waals surface area contributed by atoms with Crippen LogP contribution in [-0.4, -0.2) is 13.2 Å². The third kappa shape index (κ3) is 3.09. The highest BCUT2D eigenvalue weighted by atomic mass is 32.1. The number of likely N-dealkylation sites (N-methyl/N-ethyl adjacent to an activating group) is 1. The van der Waals surface area contributed by atoms with Gasteiger partial charge in [-0.1, -0.05) is 13.3 Å². The van der Waals surface area contributed by atoms with Gasteiger partial charge in [0.05, 0.1) is 12.6 Å². The summed E-state index contributed by atoms with van der Waals surface area (Å²) in [5.41, 5.74) is 1.60. The first kappa shape index (κ1) is 14.2. The van der Waals surface area contributed by atoms with Gasteiger partial charge >= 0.3 is 0 Å². The lowest BCUT2D eigenvalue weighted by Gasteiger charge is -2.23. The van der Waals surface area contributed by atoms with Crippen LogP contribution in [0.1, 0.15) is 60.4 Å². The molecule has 2 nitrogen and oxygen atoms in total. The first-order chi connectivity index (χ1) is 9.88. The van der Waals surface area contributed by atoms with Crippen LogP contribution < -0.4 is 5.32 Å². The second kappa shape index (κ2) is 6.77. The van der Waals surface area contributed by atoms with Crippen molar-refractivity contribution in [2.24, 2.45) is 0 Å². The molecule has 1 unspecified atom stereocenters. The zero-order valence-electron chi connectivity index (χ0n) is 12.4. The Kier molecular flexibility index (Phi) is 4.79. The van der Waals surface area contributed by atoms with Gasteiger partial charge in [-0.15, -0.1) is 11.3 Å². The summed E-state index contributed by atoms with van der Waals surface area (Å²) in [4.78, 5) is 3.07. The molecule has 1 aromatic heterocycles. The molecule has 0 saturated heterocycles. The van der Waals surface area contributed by atoms with Crippen LogP contribution in [0, 0.1) is 0 Å². The Balaban J connectivity index is 1.85. The summed E-state index contributed by atoms with van der Waals surface area (Å²) in [6.45, 7) is 4.03. The zero-order chi connectivity index (χ0) is 13.8. The molecule has 1 atom stereocenters. The summed E-state index contributed by atoms with van der Waals surface area (Å²) < 4.78 is 5.91. The average Bonchev–Trinajstić information content (AvgIpc) is 2.76. The number of rotatable bonds is 4. The largest absolute Gasteiger partial charge is 0.496 e. The number of hydrogen-bond acceptors (Lipinski definition) is 3. The summed E-state index contributed by atoms with van der Waals surface area (Å²) in [6, 6.07) is 2.72. The first-order valence-corrected chi connectivity index (χ1v) is 8.88. The summed E-state index contributed by atoms with van der Waals surface area (Å²) in [6.07, 6.45) is 11.2. The molecule has 0 spiro atoms. The normalized spacial score (nSPS) is 20.6. The number of ether oxygens (including phenoxy) is 1. The Morgan fingerprint density at radius 2 is 2.15 bits per heavy atom. The highest BCUT2D eigenvalue weighted by molar-refractivity contribution is 7.12. The fourth-order valence-electron chi connectivity index (χ4n) is 3.16. The number of thiophene rings is 1. The molecule has 3 heteroatoms. The van der Waals surface area contributed by atoms with Crippen LogP contribution >= 0.6 is 11.3 Å². The van der Waals surface area contributed by atoms with Crippen LogP contribution in [0.25, 0.3) is 0 Å². The van der Waals surface area contributed by atoms with Crippen molar-refractivity contribution in [3.8, 4) is 0 Å². The van der Waals surface area contributed by atoms with Crippen molar-refractivity contribution in [1.82, 2.24) is 5.32 Å². The molecular formula is C17H25NOS. The minimum Gasteiger partial charge on any atom is -0.496 e. The van der Waals surface area contributed by atoms with Crippen LogP contribution in [-0.2, 0) is 17.6 Å². The molecule has 3 rings (SSSR count). The van der Waals surface area contributed by atoms with Crippen LogP contribution in [0.3, 0.4) is 0 Å². The van der Waals surface area contributed by atoms with Gasteiger partial charge in [0, 0.05) is 9.75 Å². The van der Waals surface area contributed by atoms with E-state index < -0.39 is 0 Å². The van der Waals surface area contributed by atoms with E-state index in [1.807, 2.05) is 11.3 Å². The SMILES string of the molecule is CCNC(C1=CCCCO1)c1cc2c(s1)CCCCC2. The number of fused-ring (bicyclic) bond motifs is 1. The Morgan fingerprint density at radius 3 is 2.95 bits per heavy atom. The van der Waals surface area contributed by atoms with Crippen LogP contribution in [0.15, 0.2) is 17.9 Å². The molecule has 1 aliphatic carbocycles. The van der Waals surface area contributed by atoms with Gasteiger partial charge in [-0.25, -0.2) is 0 Å². The van der Waals surface area contributed by atoms with Gasteiger partial charge in [-0.2, -0.15) is 0 Å². The lowest BCUT2D eigenvalue weighted by molar-refractivity contribution is 0.169. The lowest BCUT2D eigenvalue weighted by atomic mass is 10.1. The van der Waals surface area contributed by atoms with Gasteiger partial charge in [0.25, 0.3) is 0 Å². The fraction of sp³-hybridized carbons (Fsp3) is 0.647. The predicted octanol–water partition coefficient (Wildman–Crippen LogP) is 4.36. The number of allylic oxidation sites excluding steroid dienone is 1. The molecule has 2 aliphatic rings. The van der Waals surface area contributed by atoms with Gasteiger partial charge in [-0.05, 0) is 62.8 Å². The van der Waals surface area contributed by atoms with E-state index in [1.54, 1.807) is 10.4 Å². The molecular weight excluding hydrogens is 266 g/mol. The monoisotopic (exact) mass is 291 g/mol. The van der Waals surface area contributed by atoms with E-state index in [4.69, 9.17) is 4.74 Å².